The number of furan rings is 1. The van der Waals surface area contributed by atoms with Crippen molar-refractivity contribution in [2.75, 3.05) is 17.3 Å². The van der Waals surface area contributed by atoms with Crippen molar-refractivity contribution in [2.45, 2.75) is 0 Å². The average Bonchev–Trinajstić information content (AvgIpc) is 3.46. The molecule has 0 saturated heterocycles. The lowest BCUT2D eigenvalue weighted by molar-refractivity contribution is 0.0989. The highest BCUT2D eigenvalue weighted by Crippen LogP contribution is 2.27. The molecule has 0 bridgehead atoms. The number of ether oxygens (including phenoxy) is 1. The number of carbonyl (C=O) groups is 2. The van der Waals surface area contributed by atoms with Crippen LogP contribution in [0, 0.1) is 0 Å². The van der Waals surface area contributed by atoms with Gasteiger partial charge < -0.3 is 19.4 Å². The molecule has 4 aromatic rings. The van der Waals surface area contributed by atoms with E-state index in [1.54, 1.807) is 36.2 Å². The number of rotatable bonds is 6. The molecule has 0 aliphatic heterocycles. The molecule has 0 unspecified atom stereocenters. The van der Waals surface area contributed by atoms with Gasteiger partial charge in [-0.2, -0.15) is 0 Å². The number of nitrogens with one attached hydrogen (secondary N) is 1. The van der Waals surface area contributed by atoms with Crippen LogP contribution in [-0.2, 0) is 0 Å². The Morgan fingerprint density at radius 1 is 0.900 bits per heavy atom. The Labute approximate surface area is 177 Å². The molecule has 7 heteroatoms. The first kappa shape index (κ1) is 19.5. The molecule has 0 radical (unpaired) electrons. The van der Waals surface area contributed by atoms with E-state index in [0.29, 0.717) is 15.6 Å². The molecule has 2 aromatic carbocycles. The highest BCUT2D eigenvalue weighted by atomic mass is 32.1. The Kier molecular flexibility index (Phi) is 5.63. The summed E-state index contributed by atoms with van der Waals surface area (Å²) in [7, 11) is 1.70. The van der Waals surface area contributed by atoms with Gasteiger partial charge in [-0.25, -0.2) is 0 Å². The molecule has 2 aromatic heterocycles. The van der Waals surface area contributed by atoms with Crippen LogP contribution in [0.4, 0.5) is 10.7 Å². The van der Waals surface area contributed by atoms with Gasteiger partial charge in [0.2, 0.25) is 0 Å². The molecular weight excluding hydrogens is 400 g/mol. The third-order valence-corrected chi connectivity index (χ3v) is 5.29. The first-order valence-electron chi connectivity index (χ1n) is 9.16. The van der Waals surface area contributed by atoms with Gasteiger partial charge in [-0.15, -0.1) is 11.3 Å². The average molecular weight is 418 g/mol. The van der Waals surface area contributed by atoms with Gasteiger partial charge in [0.05, 0.1) is 16.1 Å². The lowest BCUT2D eigenvalue weighted by Gasteiger charge is -2.17. The number of carbonyl (C=O) groups excluding carboxylic acids is 2. The fourth-order valence-electron chi connectivity index (χ4n) is 2.75. The van der Waals surface area contributed by atoms with Crippen molar-refractivity contribution < 1.29 is 18.7 Å². The maximum Gasteiger partial charge on any atom is 0.291 e. The summed E-state index contributed by atoms with van der Waals surface area (Å²) in [6, 6.07) is 23.4. The lowest BCUT2D eigenvalue weighted by atomic mass is 10.2. The molecule has 0 saturated carbocycles. The molecule has 0 aliphatic carbocycles. The van der Waals surface area contributed by atoms with Gasteiger partial charge in [-0.05, 0) is 60.7 Å². The van der Waals surface area contributed by atoms with E-state index in [-0.39, 0.29) is 17.6 Å². The summed E-state index contributed by atoms with van der Waals surface area (Å²) in [5.74, 6) is 1.12. The second-order valence-corrected chi connectivity index (χ2v) is 7.45. The topological polar surface area (TPSA) is 71.8 Å². The first-order chi connectivity index (χ1) is 14.6. The Balaban J connectivity index is 1.41. The molecular formula is C23H18N2O4S. The van der Waals surface area contributed by atoms with Gasteiger partial charge in [-0.1, -0.05) is 18.2 Å². The van der Waals surface area contributed by atoms with Crippen LogP contribution >= 0.6 is 11.3 Å². The Morgan fingerprint density at radius 3 is 2.33 bits per heavy atom. The van der Waals surface area contributed by atoms with Crippen molar-refractivity contribution >= 4 is 33.8 Å². The third kappa shape index (κ3) is 4.42. The summed E-state index contributed by atoms with van der Waals surface area (Å²) in [4.78, 5) is 27.0. The van der Waals surface area contributed by atoms with Crippen molar-refractivity contribution in [1.29, 1.82) is 0 Å². The SMILES string of the molecule is CN(C(=O)c1ccc(NC(=O)c2ccco2)s1)c1ccc(Oc2ccccc2)cc1. The molecule has 1 N–H and O–H groups in total. The number of para-hydroxylation sites is 1. The molecule has 30 heavy (non-hydrogen) atoms. The summed E-state index contributed by atoms with van der Waals surface area (Å²) in [5.41, 5.74) is 0.731. The summed E-state index contributed by atoms with van der Waals surface area (Å²) in [6.45, 7) is 0. The minimum Gasteiger partial charge on any atom is -0.459 e. The van der Waals surface area contributed by atoms with E-state index < -0.39 is 0 Å². The minimum absolute atomic E-state index is 0.171. The van der Waals surface area contributed by atoms with Crippen LogP contribution in [0.5, 0.6) is 11.5 Å². The molecule has 0 aliphatic rings. The number of thiophene rings is 1. The Hall–Kier alpha value is -3.84. The van der Waals surface area contributed by atoms with Crippen molar-refractivity contribution in [3.63, 3.8) is 0 Å². The van der Waals surface area contributed by atoms with Gasteiger partial charge in [-0.3, -0.25) is 9.59 Å². The van der Waals surface area contributed by atoms with E-state index in [2.05, 4.69) is 5.32 Å². The highest BCUT2D eigenvalue weighted by molar-refractivity contribution is 7.18. The Morgan fingerprint density at radius 2 is 1.63 bits per heavy atom. The van der Waals surface area contributed by atoms with E-state index >= 15 is 0 Å². The second kappa shape index (κ2) is 8.67. The second-order valence-electron chi connectivity index (χ2n) is 6.37. The van der Waals surface area contributed by atoms with Gasteiger partial charge >= 0.3 is 0 Å². The normalized spacial score (nSPS) is 10.4. The number of anilines is 2. The van der Waals surface area contributed by atoms with Gasteiger partial charge in [0.25, 0.3) is 11.8 Å². The zero-order valence-electron chi connectivity index (χ0n) is 16.1. The maximum absolute atomic E-state index is 12.8. The zero-order chi connectivity index (χ0) is 20.9. The van der Waals surface area contributed by atoms with Crippen LogP contribution in [0.15, 0.2) is 89.5 Å². The molecule has 2 amide bonds. The maximum atomic E-state index is 12.8. The van der Waals surface area contributed by atoms with Crippen LogP contribution in [0.2, 0.25) is 0 Å². The van der Waals surface area contributed by atoms with Crippen LogP contribution in [0.3, 0.4) is 0 Å². The molecule has 2 heterocycles. The summed E-state index contributed by atoms with van der Waals surface area (Å²) in [6.07, 6.45) is 1.43. The molecule has 0 spiro atoms. The number of benzene rings is 2. The van der Waals surface area contributed by atoms with Crippen molar-refractivity contribution in [3.05, 3.63) is 95.8 Å². The molecule has 0 atom stereocenters. The standard InChI is InChI=1S/C23H18N2O4S/c1-25(16-9-11-18(12-10-16)29-17-6-3-2-4-7-17)23(27)20-13-14-21(30-20)24-22(26)19-8-5-15-28-19/h2-15H,1H3,(H,24,26). The van der Waals surface area contributed by atoms with Crippen LogP contribution in [0.25, 0.3) is 0 Å². The molecule has 150 valence electrons. The zero-order valence-corrected chi connectivity index (χ0v) is 16.9. The predicted octanol–water partition coefficient (Wildman–Crippen LogP) is 5.66. The van der Waals surface area contributed by atoms with Crippen molar-refractivity contribution in [2.24, 2.45) is 0 Å². The van der Waals surface area contributed by atoms with E-state index in [1.807, 2.05) is 54.6 Å². The third-order valence-electron chi connectivity index (χ3n) is 4.31. The van der Waals surface area contributed by atoms with E-state index in [9.17, 15) is 9.59 Å². The monoisotopic (exact) mass is 418 g/mol. The fourth-order valence-corrected chi connectivity index (χ4v) is 3.62. The summed E-state index contributed by atoms with van der Waals surface area (Å²) in [5, 5.41) is 3.30. The predicted molar refractivity (Wildman–Crippen MR) is 117 cm³/mol. The Bertz CT molecular complexity index is 1140. The minimum atomic E-state index is -0.358. The number of hydrogen-bond acceptors (Lipinski definition) is 5. The van der Waals surface area contributed by atoms with Crippen LogP contribution in [0.1, 0.15) is 20.2 Å². The summed E-state index contributed by atoms with van der Waals surface area (Å²) >= 11 is 1.21. The van der Waals surface area contributed by atoms with Crippen LogP contribution < -0.4 is 15.0 Å². The van der Waals surface area contributed by atoms with E-state index in [4.69, 9.17) is 9.15 Å². The first-order valence-corrected chi connectivity index (χ1v) is 9.97. The number of nitrogens with zero attached hydrogens (tertiary/aromatic N) is 1. The molecule has 6 nitrogen and oxygen atoms in total. The van der Waals surface area contributed by atoms with Gasteiger partial charge in [0.1, 0.15) is 11.5 Å². The van der Waals surface area contributed by atoms with Crippen LogP contribution in [-0.4, -0.2) is 18.9 Å². The quantitative estimate of drug-likeness (QED) is 0.438. The van der Waals surface area contributed by atoms with Crippen molar-refractivity contribution in [1.82, 2.24) is 0 Å². The molecule has 4 rings (SSSR count). The molecule has 0 fully saturated rings. The lowest BCUT2D eigenvalue weighted by Crippen LogP contribution is -2.25. The van der Waals surface area contributed by atoms with Crippen molar-refractivity contribution in [3.8, 4) is 11.5 Å². The van der Waals surface area contributed by atoms with E-state index in [1.165, 1.54) is 17.6 Å². The van der Waals surface area contributed by atoms with E-state index in [0.717, 1.165) is 11.4 Å². The van der Waals surface area contributed by atoms with Gasteiger partial charge in [0.15, 0.2) is 5.76 Å². The fraction of sp³-hybridized carbons (Fsp3) is 0.0435. The highest BCUT2D eigenvalue weighted by Gasteiger charge is 2.17. The van der Waals surface area contributed by atoms with Gasteiger partial charge in [0, 0.05) is 12.7 Å². The smallest absolute Gasteiger partial charge is 0.291 e. The summed E-state index contributed by atoms with van der Waals surface area (Å²) < 4.78 is 10.9. The largest absolute Gasteiger partial charge is 0.459 e. The number of hydrogen-bond donors (Lipinski definition) is 1. The number of amides is 2.